The number of ether oxygens (including phenoxy) is 2. The van der Waals surface area contributed by atoms with E-state index in [0.29, 0.717) is 30.3 Å². The van der Waals surface area contributed by atoms with Crippen molar-refractivity contribution in [2.75, 3.05) is 47.4 Å². The first-order valence-corrected chi connectivity index (χ1v) is 15.6. The molecular weight excluding hydrogens is 596 g/mol. The number of nitrogens with zero attached hydrogens (tertiary/aromatic N) is 4. The normalized spacial score (nSPS) is 13.9. The first-order valence-electron chi connectivity index (χ1n) is 12.3. The number of halogens is 1. The van der Waals surface area contributed by atoms with Gasteiger partial charge in [0.2, 0.25) is 11.8 Å². The minimum atomic E-state index is -1.37. The summed E-state index contributed by atoms with van der Waals surface area (Å²) < 4.78 is 12.3. The van der Waals surface area contributed by atoms with E-state index in [2.05, 4.69) is 44.0 Å². The minimum absolute atomic E-state index is 0.434. The van der Waals surface area contributed by atoms with Crippen molar-refractivity contribution in [3.05, 3.63) is 75.9 Å². The molecule has 10 heteroatoms. The van der Waals surface area contributed by atoms with Crippen LogP contribution in [-0.2, 0) is 5.60 Å². The Balaban J connectivity index is 2.09. The van der Waals surface area contributed by atoms with Crippen molar-refractivity contribution in [1.29, 1.82) is 0 Å². The van der Waals surface area contributed by atoms with Gasteiger partial charge in [-0.2, -0.15) is 0 Å². The summed E-state index contributed by atoms with van der Waals surface area (Å²) in [6, 6.07) is 15.8. The topological polar surface area (TPSA) is 80.6 Å². The number of fused-ring (bicyclic) bond motifs is 1. The Morgan fingerprint density at radius 3 is 2.31 bits per heavy atom. The van der Waals surface area contributed by atoms with Gasteiger partial charge in [-0.05, 0) is 86.6 Å². The smallest absolute Gasteiger partial charge is 0.217 e. The summed E-state index contributed by atoms with van der Waals surface area (Å²) in [5, 5.41) is 15.6. The van der Waals surface area contributed by atoms with Gasteiger partial charge in [0.25, 0.3) is 0 Å². The van der Waals surface area contributed by atoms with Crippen LogP contribution in [0.4, 0.5) is 0 Å². The third kappa shape index (κ3) is 6.52. The maximum atomic E-state index is 13.0. The number of methoxy groups -OCH3 is 2. The maximum Gasteiger partial charge on any atom is 0.217 e. The van der Waals surface area contributed by atoms with E-state index < -0.39 is 11.5 Å². The lowest BCUT2D eigenvalue weighted by Gasteiger charge is -2.39. The summed E-state index contributed by atoms with van der Waals surface area (Å²) in [6.45, 7) is 0.641. The van der Waals surface area contributed by atoms with E-state index in [1.54, 1.807) is 43.9 Å². The molecule has 2 unspecified atom stereocenters. The summed E-state index contributed by atoms with van der Waals surface area (Å²) >= 11 is 6.74. The number of pyridine rings is 3. The highest BCUT2D eigenvalue weighted by Gasteiger charge is 2.43. The van der Waals surface area contributed by atoms with Crippen LogP contribution in [0.1, 0.15) is 29.0 Å². The van der Waals surface area contributed by atoms with Crippen LogP contribution in [0.25, 0.3) is 10.9 Å². The van der Waals surface area contributed by atoms with Gasteiger partial charge in [0.15, 0.2) is 0 Å². The van der Waals surface area contributed by atoms with Crippen molar-refractivity contribution in [2.24, 2.45) is 0 Å². The molecular formula is C29H33BrN4O3S2. The molecule has 4 rings (SSSR count). The summed E-state index contributed by atoms with van der Waals surface area (Å²) in [6.07, 6.45) is 6.12. The summed E-state index contributed by atoms with van der Waals surface area (Å²) in [5.74, 6) is 0.355. The third-order valence-corrected chi connectivity index (χ3v) is 8.44. The van der Waals surface area contributed by atoms with Crippen molar-refractivity contribution in [1.82, 2.24) is 19.9 Å². The third-order valence-electron chi connectivity index (χ3n) is 6.69. The minimum Gasteiger partial charge on any atom is -0.481 e. The second-order valence-electron chi connectivity index (χ2n) is 9.41. The highest BCUT2D eigenvalue weighted by atomic mass is 79.9. The van der Waals surface area contributed by atoms with Crippen LogP contribution in [0, 0.1) is 0 Å². The average molecular weight is 630 g/mol. The summed E-state index contributed by atoms with van der Waals surface area (Å²) in [4.78, 5) is 16.0. The standard InChI is InChI=1S/C29H33BrN4O3S2/c1-34(2)12-10-29(35,20-9-11-31-24(17-20)36-3)27(19-15-25(38-5)33-26(16-19)39-6)22-14-18-13-21(30)7-8-23(18)32-28(22)37-4/h7-9,11,13-17,27,35H,10,12H2,1-6H3. The fraction of sp³-hybridized carbons (Fsp3) is 0.345. The lowest BCUT2D eigenvalue weighted by Crippen LogP contribution is -2.38. The zero-order valence-corrected chi connectivity index (χ0v) is 26.2. The number of thioether (sulfide) groups is 2. The fourth-order valence-corrected chi connectivity index (χ4v) is 6.07. The van der Waals surface area contributed by atoms with E-state index in [4.69, 9.17) is 19.4 Å². The van der Waals surface area contributed by atoms with E-state index in [1.165, 1.54) is 0 Å². The molecule has 4 aromatic rings. The number of hydrogen-bond donors (Lipinski definition) is 1. The highest BCUT2D eigenvalue weighted by Crippen LogP contribution is 2.48. The molecule has 0 aliphatic heterocycles. The van der Waals surface area contributed by atoms with Crippen molar-refractivity contribution in [3.8, 4) is 11.8 Å². The second-order valence-corrected chi connectivity index (χ2v) is 12.0. The number of benzene rings is 1. The molecule has 0 fully saturated rings. The van der Waals surface area contributed by atoms with Gasteiger partial charge in [-0.1, -0.05) is 15.9 Å². The number of aliphatic hydroxyl groups is 1. The van der Waals surface area contributed by atoms with E-state index >= 15 is 0 Å². The van der Waals surface area contributed by atoms with Crippen LogP contribution in [0.5, 0.6) is 11.8 Å². The number of aromatic nitrogens is 3. The highest BCUT2D eigenvalue weighted by molar-refractivity contribution is 9.10. The lowest BCUT2D eigenvalue weighted by atomic mass is 9.72. The van der Waals surface area contributed by atoms with E-state index in [9.17, 15) is 5.11 Å². The van der Waals surface area contributed by atoms with Crippen LogP contribution in [-0.4, -0.2) is 72.3 Å². The van der Waals surface area contributed by atoms with Gasteiger partial charge in [0, 0.05) is 40.1 Å². The molecule has 3 aromatic heterocycles. The molecule has 1 aromatic carbocycles. The Morgan fingerprint density at radius 1 is 0.974 bits per heavy atom. The van der Waals surface area contributed by atoms with Crippen molar-refractivity contribution in [3.63, 3.8) is 0 Å². The molecule has 0 bridgehead atoms. The molecule has 0 spiro atoms. The molecule has 39 heavy (non-hydrogen) atoms. The Labute approximate surface area is 246 Å². The average Bonchev–Trinajstić information content (AvgIpc) is 2.95. The molecule has 2 atom stereocenters. The quantitative estimate of drug-likeness (QED) is 0.195. The molecule has 206 valence electrons. The Morgan fingerprint density at radius 2 is 1.69 bits per heavy atom. The zero-order chi connectivity index (χ0) is 28.2. The van der Waals surface area contributed by atoms with Crippen LogP contribution < -0.4 is 9.47 Å². The van der Waals surface area contributed by atoms with E-state index in [1.807, 2.05) is 56.9 Å². The van der Waals surface area contributed by atoms with Crippen LogP contribution in [0.15, 0.2) is 69.3 Å². The molecule has 0 saturated heterocycles. The predicted octanol–water partition coefficient (Wildman–Crippen LogP) is 6.22. The van der Waals surface area contributed by atoms with Crippen molar-refractivity contribution in [2.45, 2.75) is 28.0 Å². The van der Waals surface area contributed by atoms with Gasteiger partial charge in [-0.3, -0.25) is 0 Å². The molecule has 0 aliphatic carbocycles. The zero-order valence-electron chi connectivity index (χ0n) is 22.9. The monoisotopic (exact) mass is 628 g/mol. The van der Waals surface area contributed by atoms with Gasteiger partial charge >= 0.3 is 0 Å². The first-order chi connectivity index (χ1) is 18.7. The predicted molar refractivity (Wildman–Crippen MR) is 163 cm³/mol. The number of rotatable bonds is 11. The fourth-order valence-electron chi connectivity index (χ4n) is 4.74. The Hall–Kier alpha value is -2.37. The molecule has 0 radical (unpaired) electrons. The van der Waals surface area contributed by atoms with Gasteiger partial charge in [0.05, 0.1) is 29.8 Å². The van der Waals surface area contributed by atoms with Crippen LogP contribution in [0.3, 0.4) is 0 Å². The van der Waals surface area contributed by atoms with Gasteiger partial charge < -0.3 is 19.5 Å². The second kappa shape index (κ2) is 12.9. The Bertz CT molecular complexity index is 1430. The summed E-state index contributed by atoms with van der Waals surface area (Å²) in [7, 11) is 7.20. The first kappa shape index (κ1) is 29.6. The van der Waals surface area contributed by atoms with Crippen molar-refractivity contribution >= 4 is 50.4 Å². The van der Waals surface area contributed by atoms with Crippen molar-refractivity contribution < 1.29 is 14.6 Å². The molecule has 3 heterocycles. The molecule has 0 aliphatic rings. The van der Waals surface area contributed by atoms with Crippen LogP contribution >= 0.6 is 39.5 Å². The molecule has 7 nitrogen and oxygen atoms in total. The van der Waals surface area contributed by atoms with Gasteiger partial charge in [-0.15, -0.1) is 23.5 Å². The van der Waals surface area contributed by atoms with E-state index in [-0.39, 0.29) is 0 Å². The Kier molecular flexibility index (Phi) is 9.77. The molecule has 0 amide bonds. The number of hydrogen-bond acceptors (Lipinski definition) is 9. The summed E-state index contributed by atoms with van der Waals surface area (Å²) in [5.41, 5.74) is 1.84. The van der Waals surface area contributed by atoms with Gasteiger partial charge in [0.1, 0.15) is 5.60 Å². The molecule has 1 N–H and O–H groups in total. The molecule has 0 saturated carbocycles. The maximum absolute atomic E-state index is 13.0. The largest absolute Gasteiger partial charge is 0.481 e. The van der Waals surface area contributed by atoms with Crippen LogP contribution in [0.2, 0.25) is 0 Å². The van der Waals surface area contributed by atoms with E-state index in [0.717, 1.165) is 36.6 Å². The lowest BCUT2D eigenvalue weighted by molar-refractivity contribution is 0.00338. The van der Waals surface area contributed by atoms with Gasteiger partial charge in [-0.25, -0.2) is 15.0 Å². The SMILES string of the molecule is COc1cc(C(O)(CCN(C)C)C(c2cc(SC)nc(SC)c2)c2cc3cc(Br)ccc3nc2OC)ccn1.